The molecule has 0 aromatic heterocycles. The Morgan fingerprint density at radius 3 is 2.24 bits per heavy atom. The minimum Gasteiger partial charge on any atom is -0.459 e. The van der Waals surface area contributed by atoms with Gasteiger partial charge in [-0.15, -0.1) is 0 Å². The Labute approximate surface area is 142 Å². The number of carbonyl (C=O) groups is 2. The summed E-state index contributed by atoms with van der Waals surface area (Å²) in [5, 5.41) is 0.275. The van der Waals surface area contributed by atoms with E-state index in [2.05, 4.69) is 4.74 Å². The first-order valence-electron chi connectivity index (χ1n) is 6.62. The lowest BCUT2D eigenvalue weighted by molar-refractivity contribution is -0.254. The molecule has 0 bridgehead atoms. The number of benzene rings is 1. The van der Waals surface area contributed by atoms with Crippen LogP contribution in [-0.4, -0.2) is 36.8 Å². The van der Waals surface area contributed by atoms with Crippen LogP contribution in [0.2, 0.25) is 5.02 Å². The van der Waals surface area contributed by atoms with Gasteiger partial charge >= 0.3 is 24.0 Å². The van der Waals surface area contributed by atoms with E-state index < -0.39 is 49.7 Å². The Morgan fingerprint density at radius 2 is 1.68 bits per heavy atom. The largest absolute Gasteiger partial charge is 0.459 e. The molecule has 0 N–H and O–H groups in total. The average Bonchev–Trinajstić information content (AvgIpc) is 2.49. The van der Waals surface area contributed by atoms with Crippen molar-refractivity contribution in [3.8, 4) is 5.75 Å². The molecule has 0 aliphatic rings. The van der Waals surface area contributed by atoms with Gasteiger partial charge in [-0.05, 0) is 18.2 Å². The predicted molar refractivity (Wildman–Crippen MR) is 73.2 cm³/mol. The Balaban J connectivity index is 2.41. The molecular weight excluding hydrogens is 382 g/mol. The fourth-order valence-corrected chi connectivity index (χ4v) is 1.66. The summed E-state index contributed by atoms with van der Waals surface area (Å²) in [6.45, 7) is -2.10. The van der Waals surface area contributed by atoms with Crippen LogP contribution in [0.3, 0.4) is 0 Å². The standard InChI is InChI=1S/C14H11ClF6O4/c15-8-2-1-3-9(6-8)25-11(23)5-4-10(22)24-7-13(17,18)12(16)14(19,20)21/h1-3,6,12H,4-5,7H2. The minimum atomic E-state index is -5.79. The van der Waals surface area contributed by atoms with E-state index in [1.807, 2.05) is 0 Å². The third-order valence-corrected chi connectivity index (χ3v) is 2.88. The molecule has 0 aliphatic carbocycles. The van der Waals surface area contributed by atoms with Gasteiger partial charge in [0.05, 0.1) is 12.8 Å². The summed E-state index contributed by atoms with van der Waals surface area (Å²) in [5.41, 5.74) is 0. The number of esters is 2. The molecule has 0 aliphatic heterocycles. The molecule has 1 aromatic carbocycles. The van der Waals surface area contributed by atoms with Crippen LogP contribution in [0.15, 0.2) is 24.3 Å². The molecule has 0 heterocycles. The van der Waals surface area contributed by atoms with Crippen LogP contribution >= 0.6 is 11.6 Å². The summed E-state index contributed by atoms with van der Waals surface area (Å²) >= 11 is 5.65. The second-order valence-corrected chi connectivity index (χ2v) is 5.19. The van der Waals surface area contributed by atoms with Crippen molar-refractivity contribution < 1.29 is 45.4 Å². The van der Waals surface area contributed by atoms with Crippen molar-refractivity contribution >= 4 is 23.5 Å². The van der Waals surface area contributed by atoms with Crippen LogP contribution in [-0.2, 0) is 14.3 Å². The van der Waals surface area contributed by atoms with Crippen LogP contribution in [0.5, 0.6) is 5.75 Å². The average molecular weight is 393 g/mol. The molecule has 0 saturated heterocycles. The molecule has 1 rings (SSSR count). The van der Waals surface area contributed by atoms with Crippen molar-refractivity contribution in [1.29, 1.82) is 0 Å². The van der Waals surface area contributed by atoms with Gasteiger partial charge in [0, 0.05) is 5.02 Å². The third-order valence-electron chi connectivity index (χ3n) is 2.64. The number of hydrogen-bond donors (Lipinski definition) is 0. The van der Waals surface area contributed by atoms with Gasteiger partial charge in [-0.25, -0.2) is 4.39 Å². The fourth-order valence-electron chi connectivity index (χ4n) is 1.48. The predicted octanol–water partition coefficient (Wildman–Crippen LogP) is 4.10. The number of ether oxygens (including phenoxy) is 2. The van der Waals surface area contributed by atoms with Crippen molar-refractivity contribution in [1.82, 2.24) is 0 Å². The van der Waals surface area contributed by atoms with Crippen LogP contribution < -0.4 is 4.74 Å². The lowest BCUT2D eigenvalue weighted by Crippen LogP contribution is -2.45. The van der Waals surface area contributed by atoms with Gasteiger partial charge in [-0.1, -0.05) is 17.7 Å². The molecular formula is C14H11ClF6O4. The minimum absolute atomic E-state index is 0.0721. The normalized spacial score (nSPS) is 13.2. The van der Waals surface area contributed by atoms with E-state index in [-0.39, 0.29) is 10.8 Å². The molecule has 0 fully saturated rings. The van der Waals surface area contributed by atoms with Gasteiger partial charge in [0.2, 0.25) is 0 Å². The number of rotatable bonds is 7. The maximum atomic E-state index is 12.9. The zero-order valence-electron chi connectivity index (χ0n) is 12.3. The summed E-state index contributed by atoms with van der Waals surface area (Å²) in [4.78, 5) is 22.6. The number of halogens is 7. The summed E-state index contributed by atoms with van der Waals surface area (Å²) in [6, 6.07) is 5.68. The molecule has 1 unspecified atom stereocenters. The van der Waals surface area contributed by atoms with Gasteiger partial charge < -0.3 is 9.47 Å². The van der Waals surface area contributed by atoms with Gasteiger partial charge in [-0.2, -0.15) is 22.0 Å². The highest BCUT2D eigenvalue weighted by molar-refractivity contribution is 6.30. The first-order valence-corrected chi connectivity index (χ1v) is 7.00. The Hall–Kier alpha value is -1.97. The number of carbonyl (C=O) groups excluding carboxylic acids is 2. The quantitative estimate of drug-likeness (QED) is 0.398. The van der Waals surface area contributed by atoms with Gasteiger partial charge in [-0.3, -0.25) is 9.59 Å². The van der Waals surface area contributed by atoms with E-state index in [0.717, 1.165) is 0 Å². The fraction of sp³-hybridized carbons (Fsp3) is 0.429. The molecule has 25 heavy (non-hydrogen) atoms. The first kappa shape index (κ1) is 21.1. The van der Waals surface area contributed by atoms with Crippen LogP contribution in [0.25, 0.3) is 0 Å². The lowest BCUT2D eigenvalue weighted by Gasteiger charge is -2.22. The van der Waals surface area contributed by atoms with E-state index in [1.165, 1.54) is 24.3 Å². The summed E-state index contributed by atoms with van der Waals surface area (Å²) in [7, 11) is 0. The maximum absolute atomic E-state index is 12.9. The zero-order chi connectivity index (χ0) is 19.3. The lowest BCUT2D eigenvalue weighted by atomic mass is 10.2. The van der Waals surface area contributed by atoms with Crippen molar-refractivity contribution in [2.45, 2.75) is 31.1 Å². The Bertz CT molecular complexity index is 620. The Morgan fingerprint density at radius 1 is 1.08 bits per heavy atom. The van der Waals surface area contributed by atoms with Gasteiger partial charge in [0.15, 0.2) is 6.61 Å². The van der Waals surface area contributed by atoms with Crippen LogP contribution in [0.1, 0.15) is 12.8 Å². The highest BCUT2D eigenvalue weighted by atomic mass is 35.5. The smallest absolute Gasteiger partial charge is 0.425 e. The highest BCUT2D eigenvalue weighted by Gasteiger charge is 2.57. The van der Waals surface area contributed by atoms with E-state index in [9.17, 15) is 35.9 Å². The first-order chi connectivity index (χ1) is 11.4. The molecule has 0 spiro atoms. The summed E-state index contributed by atoms with van der Waals surface area (Å²) < 4.78 is 82.8. The van der Waals surface area contributed by atoms with Crippen LogP contribution in [0.4, 0.5) is 26.3 Å². The molecule has 4 nitrogen and oxygen atoms in total. The van der Waals surface area contributed by atoms with Crippen molar-refractivity contribution in [2.24, 2.45) is 0 Å². The van der Waals surface area contributed by atoms with Crippen molar-refractivity contribution in [3.05, 3.63) is 29.3 Å². The highest BCUT2D eigenvalue weighted by Crippen LogP contribution is 2.35. The monoisotopic (exact) mass is 392 g/mol. The Kier molecular flexibility index (Phi) is 7.09. The molecule has 1 aromatic rings. The summed E-state index contributed by atoms with van der Waals surface area (Å²) in [5.74, 6) is -7.19. The van der Waals surface area contributed by atoms with Crippen molar-refractivity contribution in [2.75, 3.05) is 6.61 Å². The number of hydrogen-bond acceptors (Lipinski definition) is 4. The summed E-state index contributed by atoms with van der Waals surface area (Å²) in [6.07, 6.45) is -11.6. The van der Waals surface area contributed by atoms with E-state index in [1.54, 1.807) is 0 Å². The topological polar surface area (TPSA) is 52.6 Å². The van der Waals surface area contributed by atoms with E-state index in [4.69, 9.17) is 16.3 Å². The molecule has 11 heteroatoms. The van der Waals surface area contributed by atoms with Gasteiger partial charge in [0.25, 0.3) is 6.17 Å². The third kappa shape index (κ3) is 7.20. The molecule has 1 atom stereocenters. The maximum Gasteiger partial charge on any atom is 0.425 e. The molecule has 0 saturated carbocycles. The SMILES string of the molecule is O=C(CCC(=O)Oc1cccc(Cl)c1)OCC(F)(F)C(F)C(F)(F)F. The van der Waals surface area contributed by atoms with E-state index >= 15 is 0 Å². The second kappa shape index (κ2) is 8.41. The second-order valence-electron chi connectivity index (χ2n) is 4.76. The van der Waals surface area contributed by atoms with Gasteiger partial charge in [0.1, 0.15) is 5.75 Å². The molecule has 140 valence electrons. The number of alkyl halides is 6. The van der Waals surface area contributed by atoms with Crippen LogP contribution in [0, 0.1) is 0 Å². The zero-order valence-corrected chi connectivity index (χ0v) is 13.0. The van der Waals surface area contributed by atoms with Crippen molar-refractivity contribution in [3.63, 3.8) is 0 Å². The molecule has 0 radical (unpaired) electrons. The molecule has 0 amide bonds. The van der Waals surface area contributed by atoms with E-state index in [0.29, 0.717) is 0 Å².